The molecule has 0 unspecified atom stereocenters. The number of hydrogen-bond donors (Lipinski definition) is 1. The quantitative estimate of drug-likeness (QED) is 0.367. The molecule has 1 N–H and O–H groups in total. The van der Waals surface area contributed by atoms with Gasteiger partial charge in [-0.15, -0.1) is 0 Å². The van der Waals surface area contributed by atoms with Crippen molar-refractivity contribution in [3.63, 3.8) is 0 Å². The minimum Gasteiger partial charge on any atom is -0.363 e. The molecule has 172 valence electrons. The smallest absolute Gasteiger partial charge is 0.254 e. The first-order valence-electron chi connectivity index (χ1n) is 11.3. The van der Waals surface area contributed by atoms with E-state index in [1.54, 1.807) is 42.5 Å². The third kappa shape index (κ3) is 3.95. The molecular weight excluding hydrogens is 446 g/mol. The fourth-order valence-electron chi connectivity index (χ4n) is 4.50. The fourth-order valence-corrected chi connectivity index (χ4v) is 4.50. The molecule has 6 rings (SSSR count). The number of H-pyrrole nitrogens is 1. The third-order valence-electron chi connectivity index (χ3n) is 6.36. The zero-order valence-electron chi connectivity index (χ0n) is 18.6. The Morgan fingerprint density at radius 2 is 1.43 bits per heavy atom. The zero-order valence-corrected chi connectivity index (χ0v) is 18.6. The number of nitrogens with one attached hydrogen (secondary N) is 1. The van der Waals surface area contributed by atoms with Crippen LogP contribution in [0.4, 0.5) is 8.78 Å². The molecule has 1 aliphatic heterocycles. The van der Waals surface area contributed by atoms with E-state index in [1.165, 1.54) is 29.8 Å². The maximum Gasteiger partial charge on any atom is 0.254 e. The summed E-state index contributed by atoms with van der Waals surface area (Å²) in [6.07, 6.45) is 2.72. The molecule has 2 aromatic heterocycles. The number of amides is 1. The molecule has 0 bridgehead atoms. The van der Waals surface area contributed by atoms with E-state index < -0.39 is 0 Å². The molecule has 0 saturated heterocycles. The molecule has 35 heavy (non-hydrogen) atoms. The highest BCUT2D eigenvalue weighted by Gasteiger charge is 2.23. The molecule has 0 fully saturated rings. The van der Waals surface area contributed by atoms with Crippen LogP contribution < -0.4 is 0 Å². The molecule has 1 amide bonds. The Labute approximate surface area is 200 Å². The summed E-state index contributed by atoms with van der Waals surface area (Å²) >= 11 is 0. The van der Waals surface area contributed by atoms with Gasteiger partial charge in [-0.25, -0.2) is 18.7 Å². The van der Waals surface area contributed by atoms with Crippen LogP contribution in [0, 0.1) is 11.6 Å². The van der Waals surface area contributed by atoms with Crippen molar-refractivity contribution < 1.29 is 13.6 Å². The molecule has 0 atom stereocenters. The first-order valence-corrected chi connectivity index (χ1v) is 11.3. The number of aromatic nitrogens is 3. The Hall–Kier alpha value is -4.39. The van der Waals surface area contributed by atoms with E-state index in [0.717, 1.165) is 12.1 Å². The van der Waals surface area contributed by atoms with Crippen LogP contribution in [-0.4, -0.2) is 32.3 Å². The molecule has 0 radical (unpaired) electrons. The van der Waals surface area contributed by atoms with Crippen LogP contribution in [0.5, 0.6) is 0 Å². The van der Waals surface area contributed by atoms with Crippen LogP contribution in [0.1, 0.15) is 21.6 Å². The highest BCUT2D eigenvalue weighted by atomic mass is 19.1. The van der Waals surface area contributed by atoms with Crippen LogP contribution in [0.3, 0.4) is 0 Å². The second-order valence-corrected chi connectivity index (χ2v) is 8.60. The highest BCUT2D eigenvalue weighted by Crippen LogP contribution is 2.32. The second kappa shape index (κ2) is 8.43. The first-order chi connectivity index (χ1) is 17.0. The Balaban J connectivity index is 1.43. The number of rotatable bonds is 3. The van der Waals surface area contributed by atoms with E-state index in [4.69, 9.17) is 9.97 Å². The van der Waals surface area contributed by atoms with Gasteiger partial charge in [0.15, 0.2) is 0 Å². The van der Waals surface area contributed by atoms with Gasteiger partial charge in [0.25, 0.3) is 5.91 Å². The molecule has 0 saturated carbocycles. The summed E-state index contributed by atoms with van der Waals surface area (Å²) in [7, 11) is 0. The Kier molecular flexibility index (Phi) is 5.10. The lowest BCUT2D eigenvalue weighted by Gasteiger charge is -2.27. The third-order valence-corrected chi connectivity index (χ3v) is 6.36. The van der Waals surface area contributed by atoms with Crippen LogP contribution in [0.2, 0.25) is 0 Å². The minimum atomic E-state index is -0.356. The summed E-state index contributed by atoms with van der Waals surface area (Å²) in [4.78, 5) is 27.9. The van der Waals surface area contributed by atoms with Crippen molar-refractivity contribution in [1.29, 1.82) is 0 Å². The summed E-state index contributed by atoms with van der Waals surface area (Å²) in [5.41, 5.74) is 6.45. The fraction of sp³-hybridized carbons (Fsp3) is 0.107. The van der Waals surface area contributed by atoms with Gasteiger partial charge in [0.2, 0.25) is 0 Å². The molecule has 1 aliphatic rings. The number of fused-ring (bicyclic) bond motifs is 2. The van der Waals surface area contributed by atoms with Gasteiger partial charge in [-0.1, -0.05) is 0 Å². The maximum absolute atomic E-state index is 13.6. The summed E-state index contributed by atoms with van der Waals surface area (Å²) in [6, 6.07) is 19.3. The predicted molar refractivity (Wildman–Crippen MR) is 130 cm³/mol. The summed E-state index contributed by atoms with van der Waals surface area (Å²) < 4.78 is 27.1. The van der Waals surface area contributed by atoms with Crippen molar-refractivity contribution in [3.05, 3.63) is 107 Å². The number of carbonyl (C=O) groups excluding carboxylic acids is 1. The molecule has 3 heterocycles. The van der Waals surface area contributed by atoms with Crippen molar-refractivity contribution in [2.75, 3.05) is 6.54 Å². The molecule has 7 heteroatoms. The molecule has 3 aromatic carbocycles. The van der Waals surface area contributed by atoms with E-state index in [-0.39, 0.29) is 17.5 Å². The van der Waals surface area contributed by atoms with Gasteiger partial charge in [0, 0.05) is 35.1 Å². The average Bonchev–Trinajstić information content (AvgIpc) is 3.36. The van der Waals surface area contributed by atoms with Crippen molar-refractivity contribution in [3.8, 4) is 22.5 Å². The normalized spacial score (nSPS) is 13.1. The maximum atomic E-state index is 13.6. The van der Waals surface area contributed by atoms with Crippen molar-refractivity contribution in [1.82, 2.24) is 19.9 Å². The Morgan fingerprint density at radius 1 is 0.800 bits per heavy atom. The Bertz CT molecular complexity index is 1560. The number of carbonyl (C=O) groups is 1. The SMILES string of the molecule is O=C(c1ccc2nc(-c3ccc(F)cc3)c(-c3ccc(F)cc3)nc2c1)N1CCc2cc[nH]c2C1. The van der Waals surface area contributed by atoms with E-state index in [9.17, 15) is 13.6 Å². The number of benzene rings is 3. The topological polar surface area (TPSA) is 61.9 Å². The second-order valence-electron chi connectivity index (χ2n) is 8.60. The highest BCUT2D eigenvalue weighted by molar-refractivity contribution is 5.98. The number of aromatic amines is 1. The van der Waals surface area contributed by atoms with Gasteiger partial charge < -0.3 is 9.88 Å². The molecule has 5 aromatic rings. The van der Waals surface area contributed by atoms with Gasteiger partial charge in [-0.3, -0.25) is 4.79 Å². The first kappa shape index (κ1) is 21.2. The van der Waals surface area contributed by atoms with Crippen LogP contribution in [0.25, 0.3) is 33.5 Å². The number of hydrogen-bond acceptors (Lipinski definition) is 3. The Morgan fingerprint density at radius 3 is 2.09 bits per heavy atom. The van der Waals surface area contributed by atoms with Crippen LogP contribution >= 0.6 is 0 Å². The molecule has 0 spiro atoms. The number of halogens is 2. The van der Waals surface area contributed by atoms with Gasteiger partial charge in [-0.2, -0.15) is 0 Å². The number of nitrogens with zero attached hydrogens (tertiary/aromatic N) is 3. The van der Waals surface area contributed by atoms with E-state index in [1.807, 2.05) is 11.1 Å². The summed E-state index contributed by atoms with van der Waals surface area (Å²) in [5.74, 6) is -0.775. The van der Waals surface area contributed by atoms with Crippen LogP contribution in [-0.2, 0) is 13.0 Å². The largest absolute Gasteiger partial charge is 0.363 e. The van der Waals surface area contributed by atoms with Crippen LogP contribution in [0.15, 0.2) is 79.0 Å². The van der Waals surface area contributed by atoms with Crippen molar-refractivity contribution in [2.24, 2.45) is 0 Å². The molecular formula is C28H20F2N4O. The van der Waals surface area contributed by atoms with Gasteiger partial charge in [-0.05, 0) is 84.8 Å². The van der Waals surface area contributed by atoms with Crippen molar-refractivity contribution in [2.45, 2.75) is 13.0 Å². The minimum absolute atomic E-state index is 0.0695. The zero-order chi connectivity index (χ0) is 23.9. The van der Waals surface area contributed by atoms with Gasteiger partial charge in [0.05, 0.1) is 29.0 Å². The summed E-state index contributed by atoms with van der Waals surface area (Å²) in [5, 5.41) is 0. The average molecular weight is 466 g/mol. The molecule has 0 aliphatic carbocycles. The lowest BCUT2D eigenvalue weighted by atomic mass is 10.0. The monoisotopic (exact) mass is 466 g/mol. The van der Waals surface area contributed by atoms with Gasteiger partial charge >= 0.3 is 0 Å². The lowest BCUT2D eigenvalue weighted by Crippen LogP contribution is -2.35. The van der Waals surface area contributed by atoms with E-state index in [2.05, 4.69) is 11.1 Å². The van der Waals surface area contributed by atoms with Gasteiger partial charge in [0.1, 0.15) is 11.6 Å². The van der Waals surface area contributed by atoms with E-state index >= 15 is 0 Å². The lowest BCUT2D eigenvalue weighted by molar-refractivity contribution is 0.0733. The predicted octanol–water partition coefficient (Wildman–Crippen LogP) is 5.77. The van der Waals surface area contributed by atoms with E-state index in [0.29, 0.717) is 52.2 Å². The van der Waals surface area contributed by atoms with Crippen molar-refractivity contribution >= 4 is 16.9 Å². The molecule has 5 nitrogen and oxygen atoms in total. The standard InChI is InChI=1S/C28H20F2N4O/c29-21-6-1-18(2-7-21)26-27(19-3-8-22(30)9-4-19)33-24-15-20(5-10-23(24)32-26)28(35)34-14-12-17-11-13-31-25(17)16-34/h1-11,13,15,31H,12,14,16H2. The summed E-state index contributed by atoms with van der Waals surface area (Å²) in [6.45, 7) is 1.19.